The van der Waals surface area contributed by atoms with Gasteiger partial charge in [0.05, 0.1) is 17.8 Å². The van der Waals surface area contributed by atoms with Crippen molar-refractivity contribution in [2.24, 2.45) is 0 Å². The number of hydrogen-bond donors (Lipinski definition) is 1. The lowest BCUT2D eigenvalue weighted by Gasteiger charge is -2.06. The van der Waals surface area contributed by atoms with Crippen molar-refractivity contribution in [3.05, 3.63) is 64.8 Å². The second kappa shape index (κ2) is 5.70. The van der Waals surface area contributed by atoms with Crippen molar-refractivity contribution >= 4 is 10.9 Å². The van der Waals surface area contributed by atoms with Gasteiger partial charge in [-0.3, -0.25) is 4.68 Å². The summed E-state index contributed by atoms with van der Waals surface area (Å²) in [4.78, 5) is 0. The number of benzene rings is 2. The van der Waals surface area contributed by atoms with Crippen molar-refractivity contribution in [1.82, 2.24) is 15.1 Å². The summed E-state index contributed by atoms with van der Waals surface area (Å²) in [5, 5.41) is 9.22. The molecule has 0 radical (unpaired) electrons. The molecule has 0 spiro atoms. The van der Waals surface area contributed by atoms with E-state index in [2.05, 4.69) is 66.3 Å². The van der Waals surface area contributed by atoms with Gasteiger partial charge in [-0.1, -0.05) is 47.5 Å². The van der Waals surface area contributed by atoms with Gasteiger partial charge < -0.3 is 5.32 Å². The number of hydrogen-bond acceptors (Lipinski definition) is 2. The predicted molar refractivity (Wildman–Crippen MR) is 87.5 cm³/mol. The quantitative estimate of drug-likeness (QED) is 0.793. The van der Waals surface area contributed by atoms with E-state index in [0.29, 0.717) is 0 Å². The van der Waals surface area contributed by atoms with Crippen LogP contribution in [0.3, 0.4) is 0 Å². The van der Waals surface area contributed by atoms with Crippen molar-refractivity contribution in [3.63, 3.8) is 0 Å². The molecule has 0 aliphatic carbocycles. The van der Waals surface area contributed by atoms with Crippen LogP contribution in [0.5, 0.6) is 0 Å². The van der Waals surface area contributed by atoms with Gasteiger partial charge in [-0.25, -0.2) is 0 Å². The summed E-state index contributed by atoms with van der Waals surface area (Å²) in [7, 11) is 1.96. The molecule has 1 N–H and O–H groups in total. The van der Waals surface area contributed by atoms with E-state index < -0.39 is 0 Å². The van der Waals surface area contributed by atoms with Crippen LogP contribution in [0.25, 0.3) is 10.9 Å². The number of aryl methyl sites for hydroxylation is 2. The molecule has 0 amide bonds. The lowest BCUT2D eigenvalue weighted by atomic mass is 10.1. The van der Waals surface area contributed by atoms with Gasteiger partial charge in [-0.05, 0) is 32.5 Å². The minimum Gasteiger partial charge on any atom is -0.314 e. The first-order valence-electron chi connectivity index (χ1n) is 7.33. The van der Waals surface area contributed by atoms with Crippen LogP contribution in [-0.2, 0) is 13.1 Å². The summed E-state index contributed by atoms with van der Waals surface area (Å²) in [5.74, 6) is 0. The Morgan fingerprint density at radius 3 is 2.48 bits per heavy atom. The third kappa shape index (κ3) is 2.83. The highest BCUT2D eigenvalue weighted by Gasteiger charge is 2.09. The number of aromatic nitrogens is 2. The average Bonchev–Trinajstić information content (AvgIpc) is 2.77. The Hall–Kier alpha value is -2.13. The molecule has 2 aromatic carbocycles. The Kier molecular flexibility index (Phi) is 3.76. The Morgan fingerprint density at radius 2 is 1.76 bits per heavy atom. The largest absolute Gasteiger partial charge is 0.314 e. The summed E-state index contributed by atoms with van der Waals surface area (Å²) < 4.78 is 2.11. The lowest BCUT2D eigenvalue weighted by molar-refractivity contribution is 0.676. The van der Waals surface area contributed by atoms with Crippen LogP contribution >= 0.6 is 0 Å². The van der Waals surface area contributed by atoms with Crippen LogP contribution in [-0.4, -0.2) is 16.8 Å². The molecule has 1 heterocycles. The molecule has 0 bridgehead atoms. The molecule has 3 nitrogen and oxygen atoms in total. The van der Waals surface area contributed by atoms with Crippen molar-refractivity contribution in [2.45, 2.75) is 26.9 Å². The summed E-state index contributed by atoms with van der Waals surface area (Å²) >= 11 is 0. The molecule has 0 saturated heterocycles. The summed E-state index contributed by atoms with van der Waals surface area (Å²) in [6.07, 6.45) is 0. The maximum Gasteiger partial charge on any atom is 0.0841 e. The Bertz CT molecular complexity index is 751. The van der Waals surface area contributed by atoms with Crippen LogP contribution < -0.4 is 5.32 Å². The van der Waals surface area contributed by atoms with Crippen LogP contribution in [0, 0.1) is 13.8 Å². The van der Waals surface area contributed by atoms with Crippen LogP contribution in [0.1, 0.15) is 22.4 Å². The lowest BCUT2D eigenvalue weighted by Crippen LogP contribution is -2.08. The second-order valence-corrected chi connectivity index (χ2v) is 5.65. The van der Waals surface area contributed by atoms with Gasteiger partial charge in [-0.15, -0.1) is 0 Å². The standard InChI is InChI=1S/C18H21N3/c1-13-8-14(2)10-15(9-13)12-21-18-7-5-4-6-16(18)17(20-21)11-19-3/h4-10,19H,11-12H2,1-3H3. The Balaban J connectivity index is 2.04. The molecule has 0 fully saturated rings. The normalized spacial score (nSPS) is 11.2. The molecule has 21 heavy (non-hydrogen) atoms. The van der Waals surface area contributed by atoms with E-state index >= 15 is 0 Å². The minimum atomic E-state index is 0.792. The smallest absolute Gasteiger partial charge is 0.0841 e. The number of rotatable bonds is 4. The molecule has 3 aromatic rings. The molecule has 0 unspecified atom stereocenters. The topological polar surface area (TPSA) is 29.9 Å². The molecule has 0 aliphatic heterocycles. The molecule has 3 rings (SSSR count). The van der Waals surface area contributed by atoms with E-state index in [1.807, 2.05) is 7.05 Å². The van der Waals surface area contributed by atoms with Crippen molar-refractivity contribution in [3.8, 4) is 0 Å². The molecule has 0 aliphatic rings. The third-order valence-electron chi connectivity index (χ3n) is 3.69. The fourth-order valence-corrected chi connectivity index (χ4v) is 2.95. The van der Waals surface area contributed by atoms with Gasteiger partial charge >= 0.3 is 0 Å². The zero-order valence-electron chi connectivity index (χ0n) is 12.9. The van der Waals surface area contributed by atoms with E-state index in [4.69, 9.17) is 5.10 Å². The van der Waals surface area contributed by atoms with Gasteiger partial charge in [0.2, 0.25) is 0 Å². The monoisotopic (exact) mass is 279 g/mol. The van der Waals surface area contributed by atoms with Crippen LogP contribution in [0.4, 0.5) is 0 Å². The highest BCUT2D eigenvalue weighted by molar-refractivity contribution is 5.82. The number of nitrogens with zero attached hydrogens (tertiary/aromatic N) is 2. The van der Waals surface area contributed by atoms with E-state index in [0.717, 1.165) is 18.8 Å². The van der Waals surface area contributed by atoms with Gasteiger partial charge in [-0.2, -0.15) is 5.10 Å². The van der Waals surface area contributed by atoms with Gasteiger partial charge in [0.25, 0.3) is 0 Å². The van der Waals surface area contributed by atoms with Crippen molar-refractivity contribution in [2.75, 3.05) is 7.05 Å². The number of para-hydroxylation sites is 1. The van der Waals surface area contributed by atoms with Gasteiger partial charge in [0.1, 0.15) is 0 Å². The number of nitrogens with one attached hydrogen (secondary N) is 1. The summed E-state index contributed by atoms with van der Waals surface area (Å²) in [6, 6.07) is 15.1. The molecule has 3 heteroatoms. The SMILES string of the molecule is CNCc1nn(Cc2cc(C)cc(C)c2)c2ccccc12. The molecule has 108 valence electrons. The van der Waals surface area contributed by atoms with E-state index in [-0.39, 0.29) is 0 Å². The van der Waals surface area contributed by atoms with Crippen molar-refractivity contribution in [1.29, 1.82) is 0 Å². The minimum absolute atomic E-state index is 0.792. The first kappa shape index (κ1) is 13.8. The van der Waals surface area contributed by atoms with E-state index in [1.54, 1.807) is 0 Å². The molecule has 1 aromatic heterocycles. The third-order valence-corrected chi connectivity index (χ3v) is 3.69. The molecular weight excluding hydrogens is 258 g/mol. The van der Waals surface area contributed by atoms with Crippen LogP contribution in [0.15, 0.2) is 42.5 Å². The number of fused-ring (bicyclic) bond motifs is 1. The molecule has 0 atom stereocenters. The Labute approximate surface area is 125 Å². The predicted octanol–water partition coefficient (Wildman–Crippen LogP) is 3.42. The first-order valence-corrected chi connectivity index (χ1v) is 7.33. The van der Waals surface area contributed by atoms with Gasteiger partial charge in [0, 0.05) is 11.9 Å². The highest BCUT2D eigenvalue weighted by Crippen LogP contribution is 2.20. The highest BCUT2D eigenvalue weighted by atomic mass is 15.3. The van der Waals surface area contributed by atoms with Crippen molar-refractivity contribution < 1.29 is 0 Å². The molecular formula is C18H21N3. The summed E-state index contributed by atoms with van der Waals surface area (Å²) in [6.45, 7) is 5.89. The zero-order chi connectivity index (χ0) is 14.8. The van der Waals surface area contributed by atoms with Gasteiger partial charge in [0.15, 0.2) is 0 Å². The first-order chi connectivity index (χ1) is 10.2. The van der Waals surface area contributed by atoms with E-state index in [9.17, 15) is 0 Å². The zero-order valence-corrected chi connectivity index (χ0v) is 12.9. The average molecular weight is 279 g/mol. The van der Waals surface area contributed by atoms with E-state index in [1.165, 1.54) is 27.6 Å². The van der Waals surface area contributed by atoms with Crippen LogP contribution in [0.2, 0.25) is 0 Å². The second-order valence-electron chi connectivity index (χ2n) is 5.65. The maximum atomic E-state index is 4.79. The fraction of sp³-hybridized carbons (Fsp3) is 0.278. The Morgan fingerprint density at radius 1 is 1.05 bits per heavy atom. The maximum absolute atomic E-state index is 4.79. The summed E-state index contributed by atoms with van der Waals surface area (Å²) in [5.41, 5.74) is 6.21. The fourth-order valence-electron chi connectivity index (χ4n) is 2.95. The molecule has 0 saturated carbocycles.